The zero-order valence-corrected chi connectivity index (χ0v) is 12.1. The van der Waals surface area contributed by atoms with Gasteiger partial charge in [0.15, 0.2) is 5.78 Å². The summed E-state index contributed by atoms with van der Waals surface area (Å²) in [6.45, 7) is 2.15. The lowest BCUT2D eigenvalue weighted by Gasteiger charge is -2.24. The van der Waals surface area contributed by atoms with Gasteiger partial charge in [-0.2, -0.15) is 0 Å². The third-order valence-electron chi connectivity index (χ3n) is 4.78. The highest BCUT2D eigenvalue weighted by Crippen LogP contribution is 2.28. The number of hydrogen-bond acceptors (Lipinski definition) is 5. The van der Waals surface area contributed by atoms with Crippen molar-refractivity contribution in [2.45, 2.75) is 31.3 Å². The van der Waals surface area contributed by atoms with Gasteiger partial charge in [0, 0.05) is 31.2 Å². The lowest BCUT2D eigenvalue weighted by Crippen LogP contribution is -2.38. The van der Waals surface area contributed by atoms with E-state index in [-0.39, 0.29) is 11.5 Å². The summed E-state index contributed by atoms with van der Waals surface area (Å²) < 4.78 is 0. The molecule has 0 radical (unpaired) electrons. The average molecular weight is 292 g/mol. The summed E-state index contributed by atoms with van der Waals surface area (Å²) in [5, 5.41) is 10.7. The molecule has 114 valence electrons. The molecule has 21 heavy (non-hydrogen) atoms. The topological polar surface area (TPSA) is 82.5 Å². The van der Waals surface area contributed by atoms with Gasteiger partial charge in [0.2, 0.25) is 0 Å². The van der Waals surface area contributed by atoms with E-state index in [2.05, 4.69) is 21.8 Å². The van der Waals surface area contributed by atoms with E-state index in [9.17, 15) is 14.9 Å². The average Bonchev–Trinajstić information content (AvgIpc) is 2.99. The van der Waals surface area contributed by atoms with Crippen molar-refractivity contribution in [3.05, 3.63) is 28.1 Å². The first-order valence-electron chi connectivity index (χ1n) is 7.35. The highest BCUT2D eigenvalue weighted by atomic mass is 16.6. The van der Waals surface area contributed by atoms with E-state index in [0.717, 1.165) is 19.5 Å². The summed E-state index contributed by atoms with van der Waals surface area (Å²) in [7, 11) is 2.17. The van der Waals surface area contributed by atoms with Gasteiger partial charge in [-0.15, -0.1) is 0 Å². The number of aromatic nitrogens is 1. The molecule has 2 saturated heterocycles. The smallest absolute Gasteiger partial charge is 0.287 e. The molecule has 0 aromatic carbocycles. The van der Waals surface area contributed by atoms with E-state index in [1.54, 1.807) is 0 Å². The van der Waals surface area contributed by atoms with Crippen LogP contribution >= 0.6 is 0 Å². The van der Waals surface area contributed by atoms with E-state index < -0.39 is 4.92 Å². The van der Waals surface area contributed by atoms with Crippen LogP contribution in [0.4, 0.5) is 5.69 Å². The Morgan fingerprint density at radius 1 is 1.43 bits per heavy atom. The van der Waals surface area contributed by atoms with Crippen LogP contribution in [-0.4, -0.2) is 64.3 Å². The number of H-pyrrole nitrogens is 1. The van der Waals surface area contributed by atoms with Crippen LogP contribution < -0.4 is 0 Å². The van der Waals surface area contributed by atoms with E-state index >= 15 is 0 Å². The number of carbonyl (C=O) groups excluding carboxylic acids is 1. The standard InChI is InChI=1S/C14H20N4O3/c1-16-10-2-3-11(16)8-17(5-4-10)9-14(19)13-6-12(7-15-13)18(20)21/h6-7,10-11,15H,2-5,8-9H2,1H3. The molecule has 3 heterocycles. The first kappa shape index (κ1) is 14.2. The van der Waals surface area contributed by atoms with Crippen molar-refractivity contribution in [2.24, 2.45) is 0 Å². The lowest BCUT2D eigenvalue weighted by molar-refractivity contribution is -0.384. The number of nitrogens with one attached hydrogen (secondary N) is 1. The molecule has 0 aliphatic carbocycles. The minimum absolute atomic E-state index is 0.0620. The molecule has 1 aromatic heterocycles. The number of Topliss-reactive ketones (excluding diaryl/α,β-unsaturated/α-hetero) is 1. The Hall–Kier alpha value is -1.73. The predicted octanol–water partition coefficient (Wildman–Crippen LogP) is 1.27. The number of ketones is 1. The number of fused-ring (bicyclic) bond motifs is 2. The maximum Gasteiger partial charge on any atom is 0.287 e. The monoisotopic (exact) mass is 292 g/mol. The summed E-state index contributed by atoms with van der Waals surface area (Å²) in [6, 6.07) is 2.49. The highest BCUT2D eigenvalue weighted by Gasteiger charge is 2.35. The molecule has 7 heteroatoms. The lowest BCUT2D eigenvalue weighted by atomic mass is 10.1. The molecule has 2 fully saturated rings. The second kappa shape index (κ2) is 5.57. The largest absolute Gasteiger partial charge is 0.353 e. The van der Waals surface area contributed by atoms with Gasteiger partial charge < -0.3 is 4.98 Å². The van der Waals surface area contributed by atoms with E-state index in [0.29, 0.717) is 24.3 Å². The van der Waals surface area contributed by atoms with Crippen LogP contribution in [0.25, 0.3) is 0 Å². The third-order valence-corrected chi connectivity index (χ3v) is 4.78. The van der Waals surface area contributed by atoms with Gasteiger partial charge in [-0.05, 0) is 26.3 Å². The number of rotatable bonds is 4. The zero-order valence-electron chi connectivity index (χ0n) is 12.1. The molecule has 2 unspecified atom stereocenters. The fourth-order valence-corrected chi connectivity index (χ4v) is 3.46. The van der Waals surface area contributed by atoms with Crippen molar-refractivity contribution in [2.75, 3.05) is 26.7 Å². The highest BCUT2D eigenvalue weighted by molar-refractivity contribution is 5.96. The summed E-state index contributed by atoms with van der Waals surface area (Å²) in [5.74, 6) is -0.0801. The Kier molecular flexibility index (Phi) is 3.77. The van der Waals surface area contributed by atoms with Gasteiger partial charge in [0.25, 0.3) is 5.69 Å². The van der Waals surface area contributed by atoms with Crippen molar-refractivity contribution in [3.63, 3.8) is 0 Å². The van der Waals surface area contributed by atoms with E-state index in [1.807, 2.05) is 0 Å². The third kappa shape index (κ3) is 2.84. The van der Waals surface area contributed by atoms with Gasteiger partial charge in [-0.25, -0.2) is 0 Å². The molecule has 0 amide bonds. The van der Waals surface area contributed by atoms with Crippen molar-refractivity contribution in [1.82, 2.24) is 14.8 Å². The van der Waals surface area contributed by atoms with Crippen LogP contribution in [0, 0.1) is 10.1 Å². The predicted molar refractivity (Wildman–Crippen MR) is 77.4 cm³/mol. The summed E-state index contributed by atoms with van der Waals surface area (Å²) in [5.41, 5.74) is 0.262. The van der Waals surface area contributed by atoms with Gasteiger partial charge in [-0.3, -0.25) is 24.7 Å². The second-order valence-corrected chi connectivity index (χ2v) is 6.03. The zero-order chi connectivity index (χ0) is 15.0. The Balaban J connectivity index is 1.63. The normalized spacial score (nSPS) is 26.7. The second-order valence-electron chi connectivity index (χ2n) is 6.03. The number of aromatic amines is 1. The molecule has 1 aromatic rings. The van der Waals surface area contributed by atoms with E-state index in [4.69, 9.17) is 0 Å². The van der Waals surface area contributed by atoms with Gasteiger partial charge in [0.05, 0.1) is 23.4 Å². The molecule has 2 aliphatic rings. The fraction of sp³-hybridized carbons (Fsp3) is 0.643. The number of likely N-dealkylation sites (N-methyl/N-ethyl adjacent to an activating group) is 1. The number of carbonyl (C=O) groups is 1. The molecule has 7 nitrogen and oxygen atoms in total. The van der Waals surface area contributed by atoms with Gasteiger partial charge in [0.1, 0.15) is 0 Å². The molecule has 1 N–H and O–H groups in total. The first-order valence-corrected chi connectivity index (χ1v) is 7.35. The molecule has 2 atom stereocenters. The maximum atomic E-state index is 12.2. The quantitative estimate of drug-likeness (QED) is 0.513. The Morgan fingerprint density at radius 2 is 2.19 bits per heavy atom. The SMILES string of the molecule is CN1C2CCC1CN(CC(=O)c1cc([N+](=O)[O-])c[nH]1)CC2. The Morgan fingerprint density at radius 3 is 2.90 bits per heavy atom. The molecule has 0 spiro atoms. The Labute approximate surface area is 123 Å². The summed E-state index contributed by atoms with van der Waals surface area (Å²) >= 11 is 0. The van der Waals surface area contributed by atoms with E-state index in [1.165, 1.54) is 25.1 Å². The van der Waals surface area contributed by atoms with Crippen LogP contribution in [-0.2, 0) is 0 Å². The fourth-order valence-electron chi connectivity index (χ4n) is 3.46. The molecule has 2 bridgehead atoms. The molecule has 2 aliphatic heterocycles. The van der Waals surface area contributed by atoms with Crippen molar-refractivity contribution in [3.8, 4) is 0 Å². The molecule has 3 rings (SSSR count). The summed E-state index contributed by atoms with van der Waals surface area (Å²) in [6.07, 6.45) is 4.81. The number of nitrogens with zero attached hydrogens (tertiary/aromatic N) is 3. The number of hydrogen-bond donors (Lipinski definition) is 1. The minimum Gasteiger partial charge on any atom is -0.353 e. The molecular formula is C14H20N4O3. The van der Waals surface area contributed by atoms with Gasteiger partial charge in [-0.1, -0.05) is 0 Å². The van der Waals surface area contributed by atoms with Crippen molar-refractivity contribution >= 4 is 11.5 Å². The molecule has 0 saturated carbocycles. The van der Waals surface area contributed by atoms with Crippen LogP contribution in [0.1, 0.15) is 29.8 Å². The number of likely N-dealkylation sites (tertiary alicyclic amines) is 1. The van der Waals surface area contributed by atoms with Crippen molar-refractivity contribution in [1.29, 1.82) is 0 Å². The van der Waals surface area contributed by atoms with Crippen LogP contribution in [0.15, 0.2) is 12.3 Å². The van der Waals surface area contributed by atoms with Crippen molar-refractivity contribution < 1.29 is 9.72 Å². The Bertz CT molecular complexity index is 556. The van der Waals surface area contributed by atoms with Crippen LogP contribution in [0.2, 0.25) is 0 Å². The van der Waals surface area contributed by atoms with Crippen LogP contribution in [0.5, 0.6) is 0 Å². The van der Waals surface area contributed by atoms with Crippen LogP contribution in [0.3, 0.4) is 0 Å². The number of nitro groups is 1. The maximum absolute atomic E-state index is 12.2. The van der Waals surface area contributed by atoms with Gasteiger partial charge >= 0.3 is 0 Å². The summed E-state index contributed by atoms with van der Waals surface area (Å²) in [4.78, 5) is 29.7. The molecular weight excluding hydrogens is 272 g/mol. The first-order chi connectivity index (χ1) is 10.0. The minimum atomic E-state index is -0.493.